The van der Waals surface area contributed by atoms with Gasteiger partial charge in [0.05, 0.1) is 6.07 Å². The maximum Gasteiger partial charge on any atom is 0.408 e. The predicted octanol–water partition coefficient (Wildman–Crippen LogP) is 5.71. The van der Waals surface area contributed by atoms with Gasteiger partial charge < -0.3 is 25.4 Å². The number of anilines is 1. The zero-order chi connectivity index (χ0) is 31.0. The van der Waals surface area contributed by atoms with Crippen LogP contribution in [0.1, 0.15) is 37.9 Å². The van der Waals surface area contributed by atoms with Gasteiger partial charge in [-0.2, -0.15) is 5.26 Å². The topological polar surface area (TPSA) is 132 Å². The lowest BCUT2D eigenvalue weighted by atomic mass is 10.00. The van der Waals surface area contributed by atoms with Gasteiger partial charge in [-0.1, -0.05) is 72.8 Å². The Morgan fingerprint density at radius 1 is 0.907 bits per heavy atom. The maximum atomic E-state index is 14.2. The zero-order valence-electron chi connectivity index (χ0n) is 24.3. The Morgan fingerprint density at radius 3 is 2.28 bits per heavy atom. The van der Waals surface area contributed by atoms with E-state index in [-0.39, 0.29) is 17.7 Å². The highest BCUT2D eigenvalue weighted by atomic mass is 16.6. The van der Waals surface area contributed by atoms with E-state index in [1.807, 2.05) is 72.8 Å². The molecule has 9 heteroatoms. The first-order valence-corrected chi connectivity index (χ1v) is 13.8. The zero-order valence-corrected chi connectivity index (χ0v) is 24.3. The molecular formula is C34H34N4O5. The molecule has 43 heavy (non-hydrogen) atoms. The van der Waals surface area contributed by atoms with Crippen LogP contribution in [0.2, 0.25) is 0 Å². The molecule has 4 aromatic carbocycles. The van der Waals surface area contributed by atoms with Gasteiger partial charge in [0.2, 0.25) is 5.91 Å². The fraction of sp³-hybridized carbons (Fsp3) is 0.235. The summed E-state index contributed by atoms with van der Waals surface area (Å²) < 4.78 is 5.42. The lowest BCUT2D eigenvalue weighted by molar-refractivity contribution is -0.140. The molecule has 0 aliphatic heterocycles. The minimum absolute atomic E-state index is 0.0832. The number of alkyl carbamates (subject to hydrolysis) is 1. The molecule has 4 rings (SSSR count). The van der Waals surface area contributed by atoms with Crippen molar-refractivity contribution in [1.29, 1.82) is 5.26 Å². The van der Waals surface area contributed by atoms with Crippen molar-refractivity contribution in [3.8, 4) is 11.8 Å². The molecule has 0 spiro atoms. The fourth-order valence-electron chi connectivity index (χ4n) is 4.72. The Hall–Kier alpha value is -5.36. The predicted molar refractivity (Wildman–Crippen MR) is 164 cm³/mol. The Labute approximate surface area is 250 Å². The summed E-state index contributed by atoms with van der Waals surface area (Å²) in [4.78, 5) is 42.1. The van der Waals surface area contributed by atoms with Crippen LogP contribution in [0.25, 0.3) is 10.8 Å². The highest BCUT2D eigenvalue weighted by molar-refractivity contribution is 6.00. The van der Waals surface area contributed by atoms with Crippen LogP contribution in [0, 0.1) is 11.3 Å². The summed E-state index contributed by atoms with van der Waals surface area (Å²) in [5, 5.41) is 27.5. The van der Waals surface area contributed by atoms with Gasteiger partial charge in [0.25, 0.3) is 5.91 Å². The standard InChI is InChI=1S/C34H34N4O5/c1-34(2,3)43-33(42)37-29(20-23-10-5-4-6-11-23)32(41)38(19-18-35)30(26-14-9-15-28(39)22-26)31(40)36-27-17-16-24-12-7-8-13-25(24)21-27/h4-17,21-22,29-30,39H,19-20H2,1-3H3,(H,36,40)(H,37,42). The molecule has 0 saturated heterocycles. The minimum Gasteiger partial charge on any atom is -0.508 e. The van der Waals surface area contributed by atoms with E-state index < -0.39 is 42.1 Å². The molecule has 4 aromatic rings. The van der Waals surface area contributed by atoms with Crippen molar-refractivity contribution >= 4 is 34.4 Å². The third-order valence-electron chi connectivity index (χ3n) is 6.56. The van der Waals surface area contributed by atoms with Crippen molar-refractivity contribution in [2.75, 3.05) is 11.9 Å². The Kier molecular flexibility index (Phi) is 9.63. The molecule has 0 bridgehead atoms. The molecular weight excluding hydrogens is 544 g/mol. The van der Waals surface area contributed by atoms with Crippen molar-refractivity contribution in [1.82, 2.24) is 10.2 Å². The highest BCUT2D eigenvalue weighted by Gasteiger charge is 2.36. The number of fused-ring (bicyclic) bond motifs is 1. The van der Waals surface area contributed by atoms with Crippen LogP contribution in [0.15, 0.2) is 97.1 Å². The van der Waals surface area contributed by atoms with Crippen LogP contribution < -0.4 is 10.6 Å². The van der Waals surface area contributed by atoms with E-state index in [9.17, 15) is 24.8 Å². The van der Waals surface area contributed by atoms with Crippen LogP contribution in [-0.4, -0.2) is 46.1 Å². The molecule has 3 N–H and O–H groups in total. The smallest absolute Gasteiger partial charge is 0.408 e. The number of carbonyl (C=O) groups excluding carboxylic acids is 3. The molecule has 220 valence electrons. The summed E-state index contributed by atoms with van der Waals surface area (Å²) in [6.45, 7) is 4.65. The van der Waals surface area contributed by atoms with Gasteiger partial charge in [0, 0.05) is 12.1 Å². The van der Waals surface area contributed by atoms with E-state index in [0.717, 1.165) is 21.2 Å². The molecule has 0 aliphatic carbocycles. The lowest BCUT2D eigenvalue weighted by Gasteiger charge is -2.33. The molecule has 0 heterocycles. The van der Waals surface area contributed by atoms with Crippen molar-refractivity contribution in [2.45, 2.75) is 44.9 Å². The largest absolute Gasteiger partial charge is 0.508 e. The number of aromatic hydroxyl groups is 1. The number of hydrogen-bond acceptors (Lipinski definition) is 6. The summed E-state index contributed by atoms with van der Waals surface area (Å²) >= 11 is 0. The third kappa shape index (κ3) is 8.33. The van der Waals surface area contributed by atoms with Gasteiger partial charge in [0.1, 0.15) is 30.0 Å². The van der Waals surface area contributed by atoms with E-state index in [1.54, 1.807) is 39.0 Å². The van der Waals surface area contributed by atoms with Crippen LogP contribution in [0.3, 0.4) is 0 Å². The fourth-order valence-corrected chi connectivity index (χ4v) is 4.72. The molecule has 3 amide bonds. The summed E-state index contributed by atoms with van der Waals surface area (Å²) in [6.07, 6.45) is -0.729. The maximum absolute atomic E-state index is 14.2. The van der Waals surface area contributed by atoms with Crippen molar-refractivity contribution in [2.24, 2.45) is 0 Å². The third-order valence-corrected chi connectivity index (χ3v) is 6.56. The second kappa shape index (κ2) is 13.5. The summed E-state index contributed by atoms with van der Waals surface area (Å²) in [5.41, 5.74) is 0.715. The van der Waals surface area contributed by atoms with Crippen molar-refractivity contribution < 1.29 is 24.2 Å². The van der Waals surface area contributed by atoms with Gasteiger partial charge in [-0.15, -0.1) is 0 Å². The number of hydrogen-bond donors (Lipinski definition) is 3. The molecule has 2 unspecified atom stereocenters. The Morgan fingerprint density at radius 2 is 1.60 bits per heavy atom. The highest BCUT2D eigenvalue weighted by Crippen LogP contribution is 2.28. The van der Waals surface area contributed by atoms with Crippen molar-refractivity contribution in [3.05, 3.63) is 108 Å². The minimum atomic E-state index is -1.32. The molecule has 0 saturated carbocycles. The van der Waals surface area contributed by atoms with E-state index in [0.29, 0.717) is 5.69 Å². The average Bonchev–Trinajstić information content (AvgIpc) is 2.96. The lowest BCUT2D eigenvalue weighted by Crippen LogP contribution is -2.53. The molecule has 0 fully saturated rings. The monoisotopic (exact) mass is 578 g/mol. The van der Waals surface area contributed by atoms with Crippen LogP contribution in [-0.2, 0) is 20.7 Å². The normalized spacial score (nSPS) is 12.4. The van der Waals surface area contributed by atoms with Crippen molar-refractivity contribution in [3.63, 3.8) is 0 Å². The van der Waals surface area contributed by atoms with Gasteiger partial charge in [0.15, 0.2) is 0 Å². The van der Waals surface area contributed by atoms with Gasteiger partial charge in [-0.25, -0.2) is 4.79 Å². The van der Waals surface area contributed by atoms with E-state index in [2.05, 4.69) is 10.6 Å². The van der Waals surface area contributed by atoms with Gasteiger partial charge in [-0.05, 0) is 66.9 Å². The number of ether oxygens (including phenoxy) is 1. The number of benzene rings is 4. The SMILES string of the molecule is CC(C)(C)OC(=O)NC(Cc1ccccc1)C(=O)N(CC#N)C(C(=O)Nc1ccc2ccccc2c1)c1cccc(O)c1. The number of nitriles is 1. The van der Waals surface area contributed by atoms with Crippen LogP contribution in [0.5, 0.6) is 5.75 Å². The second-order valence-electron chi connectivity index (χ2n) is 11.1. The summed E-state index contributed by atoms with van der Waals surface area (Å²) in [7, 11) is 0. The number of amides is 3. The number of rotatable bonds is 9. The molecule has 2 atom stereocenters. The van der Waals surface area contributed by atoms with Gasteiger partial charge >= 0.3 is 6.09 Å². The number of phenolic OH excluding ortho intramolecular Hbond substituents is 1. The number of carbonyl (C=O) groups is 3. The molecule has 0 radical (unpaired) electrons. The number of phenols is 1. The molecule has 0 aromatic heterocycles. The average molecular weight is 579 g/mol. The molecule has 0 aliphatic rings. The second-order valence-corrected chi connectivity index (χ2v) is 11.1. The van der Waals surface area contributed by atoms with Gasteiger partial charge in [-0.3, -0.25) is 9.59 Å². The first-order valence-electron chi connectivity index (χ1n) is 13.8. The van der Waals surface area contributed by atoms with Crippen LogP contribution >= 0.6 is 0 Å². The Balaban J connectivity index is 1.72. The number of nitrogens with one attached hydrogen (secondary N) is 2. The molecule has 9 nitrogen and oxygen atoms in total. The van der Waals surface area contributed by atoms with E-state index >= 15 is 0 Å². The summed E-state index contributed by atoms with van der Waals surface area (Å²) in [6, 6.07) is 27.6. The first-order chi connectivity index (χ1) is 20.5. The first kappa shape index (κ1) is 30.6. The number of nitrogens with zero attached hydrogens (tertiary/aromatic N) is 2. The Bertz CT molecular complexity index is 1640. The summed E-state index contributed by atoms with van der Waals surface area (Å²) in [5.74, 6) is -1.38. The van der Waals surface area contributed by atoms with Crippen LogP contribution in [0.4, 0.5) is 10.5 Å². The van der Waals surface area contributed by atoms with E-state index in [4.69, 9.17) is 4.74 Å². The quantitative estimate of drug-likeness (QED) is 0.218. The van der Waals surface area contributed by atoms with E-state index in [1.165, 1.54) is 12.1 Å².